The van der Waals surface area contributed by atoms with Gasteiger partial charge in [-0.15, -0.1) is 5.10 Å². The Labute approximate surface area is 115 Å². The van der Waals surface area contributed by atoms with Crippen LogP contribution in [-0.4, -0.2) is 53.2 Å². The molecule has 2 atom stereocenters. The summed E-state index contributed by atoms with van der Waals surface area (Å²) in [5.41, 5.74) is 7.72. The highest BCUT2D eigenvalue weighted by molar-refractivity contribution is 5.82. The lowest BCUT2D eigenvalue weighted by Gasteiger charge is -2.19. The van der Waals surface area contributed by atoms with E-state index in [-0.39, 0.29) is 18.4 Å². The van der Waals surface area contributed by atoms with Gasteiger partial charge in [-0.2, -0.15) is 0 Å². The third-order valence-electron chi connectivity index (χ3n) is 3.52. The lowest BCUT2D eigenvalue weighted by molar-refractivity contribution is -0.167. The van der Waals surface area contributed by atoms with Crippen molar-refractivity contribution >= 4 is 16.9 Å². The highest BCUT2D eigenvalue weighted by Crippen LogP contribution is 2.29. The normalized spacial score (nSPS) is 22.9. The molecule has 0 unspecified atom stereocenters. The highest BCUT2D eigenvalue weighted by Gasteiger charge is 2.34. The largest absolute Gasteiger partial charge is 0.397 e. The second-order valence-corrected chi connectivity index (χ2v) is 4.71. The van der Waals surface area contributed by atoms with Crippen LogP contribution in [0.5, 0.6) is 0 Å². The summed E-state index contributed by atoms with van der Waals surface area (Å²) in [7, 11) is 3.19. The van der Waals surface area contributed by atoms with E-state index >= 15 is 0 Å². The minimum atomic E-state index is -0.382. The molecule has 1 aliphatic heterocycles. The van der Waals surface area contributed by atoms with Crippen molar-refractivity contribution < 1.29 is 14.2 Å². The van der Waals surface area contributed by atoms with E-state index in [0.717, 1.165) is 6.42 Å². The zero-order valence-corrected chi connectivity index (χ0v) is 11.4. The fourth-order valence-electron chi connectivity index (χ4n) is 2.51. The second kappa shape index (κ2) is 5.31. The number of hydrogen-bond acceptors (Lipinski definition) is 7. The van der Waals surface area contributed by atoms with Gasteiger partial charge in [0, 0.05) is 26.8 Å². The van der Waals surface area contributed by atoms with Crippen molar-refractivity contribution in [1.82, 2.24) is 20.0 Å². The number of nitrogen functional groups attached to an aromatic ring is 1. The Hall–Kier alpha value is -1.77. The van der Waals surface area contributed by atoms with Gasteiger partial charge in [-0.1, -0.05) is 5.21 Å². The quantitative estimate of drug-likeness (QED) is 0.807. The number of rotatable bonds is 4. The van der Waals surface area contributed by atoms with Gasteiger partial charge in [0.2, 0.25) is 0 Å². The van der Waals surface area contributed by atoms with Gasteiger partial charge in [0.15, 0.2) is 17.5 Å². The molecule has 2 aromatic rings. The molecule has 20 heavy (non-hydrogen) atoms. The summed E-state index contributed by atoms with van der Waals surface area (Å²) in [4.78, 5) is 4.30. The topological polar surface area (TPSA) is 97.3 Å². The number of nitrogens with two attached hydrogens (primary N) is 1. The standard InChI is InChI=1S/C12H17N5O3/c1-18-12(19-2)9-5-7(6-20-9)17-11-10(15-16-17)8(13)3-4-14-11/h3-4,7,9,12H,5-6H2,1-2H3,(H2,13,14)/t7-,9-/m1/s1. The van der Waals surface area contributed by atoms with Crippen LogP contribution in [0.3, 0.4) is 0 Å². The third kappa shape index (κ3) is 2.11. The summed E-state index contributed by atoms with van der Waals surface area (Å²) in [6, 6.07) is 1.76. The first-order valence-corrected chi connectivity index (χ1v) is 6.37. The molecule has 1 saturated heterocycles. The molecule has 0 saturated carbocycles. The molecule has 2 N–H and O–H groups in total. The molecule has 0 bridgehead atoms. The number of fused-ring (bicyclic) bond motifs is 1. The molecule has 3 heterocycles. The van der Waals surface area contributed by atoms with E-state index in [4.69, 9.17) is 19.9 Å². The third-order valence-corrected chi connectivity index (χ3v) is 3.52. The number of aromatic nitrogens is 4. The van der Waals surface area contributed by atoms with E-state index in [9.17, 15) is 0 Å². The molecule has 0 spiro atoms. The van der Waals surface area contributed by atoms with Gasteiger partial charge in [-0.25, -0.2) is 9.67 Å². The minimum absolute atomic E-state index is 0.0482. The number of anilines is 1. The lowest BCUT2D eigenvalue weighted by Crippen LogP contribution is -2.29. The van der Waals surface area contributed by atoms with Crippen LogP contribution in [0, 0.1) is 0 Å². The summed E-state index contributed by atoms with van der Waals surface area (Å²) in [5, 5.41) is 8.23. The molecule has 108 valence electrons. The molecule has 0 aliphatic carbocycles. The number of methoxy groups -OCH3 is 2. The van der Waals surface area contributed by atoms with Crippen LogP contribution in [0.25, 0.3) is 11.2 Å². The van der Waals surface area contributed by atoms with Gasteiger partial charge < -0.3 is 19.9 Å². The Morgan fingerprint density at radius 2 is 2.25 bits per heavy atom. The van der Waals surface area contributed by atoms with Crippen LogP contribution < -0.4 is 5.73 Å². The molecule has 8 nitrogen and oxygen atoms in total. The molecule has 3 rings (SSSR count). The lowest BCUT2D eigenvalue weighted by atomic mass is 10.1. The first-order chi connectivity index (χ1) is 9.74. The van der Waals surface area contributed by atoms with Crippen LogP contribution in [0.4, 0.5) is 5.69 Å². The predicted molar refractivity (Wildman–Crippen MR) is 70.9 cm³/mol. The predicted octanol–water partition coefficient (Wildman–Crippen LogP) is 0.357. The number of nitrogens with zero attached hydrogens (tertiary/aromatic N) is 4. The summed E-state index contributed by atoms with van der Waals surface area (Å²) in [5.74, 6) is 0. The summed E-state index contributed by atoms with van der Waals surface area (Å²) < 4.78 is 17.9. The summed E-state index contributed by atoms with van der Waals surface area (Å²) >= 11 is 0. The van der Waals surface area contributed by atoms with E-state index in [1.807, 2.05) is 0 Å². The summed E-state index contributed by atoms with van der Waals surface area (Å²) in [6.45, 7) is 0.517. The number of hydrogen-bond donors (Lipinski definition) is 1. The van der Waals surface area contributed by atoms with Crippen LogP contribution in [-0.2, 0) is 14.2 Å². The molecular formula is C12H17N5O3. The average Bonchev–Trinajstić information content (AvgIpc) is 3.07. The van der Waals surface area contributed by atoms with Gasteiger partial charge in [0.1, 0.15) is 6.10 Å². The van der Waals surface area contributed by atoms with Crippen molar-refractivity contribution in [2.45, 2.75) is 24.9 Å². The van der Waals surface area contributed by atoms with Gasteiger partial charge in [0.05, 0.1) is 18.3 Å². The van der Waals surface area contributed by atoms with E-state index in [1.54, 1.807) is 31.2 Å². The molecule has 0 amide bonds. The van der Waals surface area contributed by atoms with Crippen molar-refractivity contribution in [3.8, 4) is 0 Å². The van der Waals surface area contributed by atoms with Crippen molar-refractivity contribution in [2.24, 2.45) is 0 Å². The molecule has 1 aliphatic rings. The van der Waals surface area contributed by atoms with Crippen molar-refractivity contribution in [3.63, 3.8) is 0 Å². The second-order valence-electron chi connectivity index (χ2n) is 4.71. The molecule has 2 aromatic heterocycles. The zero-order chi connectivity index (χ0) is 14.1. The Balaban J connectivity index is 1.85. The Morgan fingerprint density at radius 1 is 1.45 bits per heavy atom. The van der Waals surface area contributed by atoms with E-state index in [1.165, 1.54) is 0 Å². The van der Waals surface area contributed by atoms with Crippen LogP contribution in [0.15, 0.2) is 12.3 Å². The van der Waals surface area contributed by atoms with Gasteiger partial charge in [-0.3, -0.25) is 0 Å². The average molecular weight is 279 g/mol. The molecular weight excluding hydrogens is 262 g/mol. The fourth-order valence-corrected chi connectivity index (χ4v) is 2.51. The van der Waals surface area contributed by atoms with Crippen LogP contribution in [0.2, 0.25) is 0 Å². The van der Waals surface area contributed by atoms with Crippen molar-refractivity contribution in [1.29, 1.82) is 0 Å². The minimum Gasteiger partial charge on any atom is -0.397 e. The molecule has 0 radical (unpaired) electrons. The maximum atomic E-state index is 5.86. The molecule has 1 fully saturated rings. The maximum absolute atomic E-state index is 5.86. The van der Waals surface area contributed by atoms with Crippen LogP contribution in [0.1, 0.15) is 12.5 Å². The first kappa shape index (κ1) is 13.2. The smallest absolute Gasteiger partial charge is 0.183 e. The zero-order valence-electron chi connectivity index (χ0n) is 11.4. The summed E-state index contributed by atoms with van der Waals surface area (Å²) in [6.07, 6.45) is 1.86. The monoisotopic (exact) mass is 279 g/mol. The van der Waals surface area contributed by atoms with Gasteiger partial charge >= 0.3 is 0 Å². The SMILES string of the molecule is COC(OC)[C@H]1C[C@@H](n2nnc3c(N)ccnc32)CO1. The van der Waals surface area contributed by atoms with Gasteiger partial charge in [0.25, 0.3) is 0 Å². The van der Waals surface area contributed by atoms with Gasteiger partial charge in [-0.05, 0) is 6.07 Å². The Kier molecular flexibility index (Phi) is 3.51. The first-order valence-electron chi connectivity index (χ1n) is 6.37. The molecule has 0 aromatic carbocycles. The van der Waals surface area contributed by atoms with Crippen molar-refractivity contribution in [3.05, 3.63) is 12.3 Å². The number of pyridine rings is 1. The fraction of sp³-hybridized carbons (Fsp3) is 0.583. The Bertz CT molecular complexity index is 598. The molecule has 8 heteroatoms. The van der Waals surface area contributed by atoms with Crippen LogP contribution >= 0.6 is 0 Å². The Morgan fingerprint density at radius 3 is 3.00 bits per heavy atom. The van der Waals surface area contributed by atoms with Crippen molar-refractivity contribution in [2.75, 3.05) is 26.6 Å². The highest BCUT2D eigenvalue weighted by atomic mass is 16.7. The maximum Gasteiger partial charge on any atom is 0.183 e. The van der Waals surface area contributed by atoms with E-state index < -0.39 is 0 Å². The number of ether oxygens (including phenoxy) is 3. The van der Waals surface area contributed by atoms with E-state index in [0.29, 0.717) is 23.5 Å². The van der Waals surface area contributed by atoms with E-state index in [2.05, 4.69) is 15.3 Å².